The molecule has 4 rings (SSSR count). The average Bonchev–Trinajstić information content (AvgIpc) is 3.45. The quantitative estimate of drug-likeness (QED) is 0.735. The van der Waals surface area contributed by atoms with E-state index in [2.05, 4.69) is 15.3 Å². The van der Waals surface area contributed by atoms with Crippen molar-refractivity contribution in [2.24, 2.45) is 5.92 Å². The smallest absolute Gasteiger partial charge is 0.405 e. The maximum absolute atomic E-state index is 13.2. The van der Waals surface area contributed by atoms with Gasteiger partial charge in [0.25, 0.3) is 5.56 Å². The van der Waals surface area contributed by atoms with E-state index in [1.165, 1.54) is 4.57 Å². The Morgan fingerprint density at radius 1 is 1.31 bits per heavy atom. The van der Waals surface area contributed by atoms with Gasteiger partial charge in [-0.25, -0.2) is 9.78 Å². The fourth-order valence-corrected chi connectivity index (χ4v) is 3.36. The molecular weight excluding hydrogens is 356 g/mol. The van der Waals surface area contributed by atoms with Crippen LogP contribution >= 0.6 is 11.6 Å². The Labute approximate surface area is 153 Å². The average molecular weight is 371 g/mol. The summed E-state index contributed by atoms with van der Waals surface area (Å²) in [5.74, 6) is 0.459. The van der Waals surface area contributed by atoms with Gasteiger partial charge in [-0.1, -0.05) is 17.7 Å². The fraction of sp³-hybridized carbons (Fsp3) is 0.222. The van der Waals surface area contributed by atoms with Crippen LogP contribution in [0.25, 0.3) is 16.6 Å². The van der Waals surface area contributed by atoms with Crippen molar-refractivity contribution in [1.82, 2.24) is 19.9 Å². The van der Waals surface area contributed by atoms with Gasteiger partial charge in [0.1, 0.15) is 5.82 Å². The first-order valence-electron chi connectivity index (χ1n) is 8.17. The first-order valence-corrected chi connectivity index (χ1v) is 8.55. The number of carboxylic acid groups (broad SMARTS) is 1. The molecule has 0 bridgehead atoms. The Morgan fingerprint density at radius 3 is 2.77 bits per heavy atom. The number of aromatic nitrogens is 3. The molecule has 1 fully saturated rings. The van der Waals surface area contributed by atoms with Crippen LogP contribution < -0.4 is 10.9 Å². The minimum absolute atomic E-state index is 0.109. The third-order valence-corrected chi connectivity index (χ3v) is 4.74. The molecule has 2 N–H and O–H groups in total. The molecule has 0 spiro atoms. The SMILES string of the molecule is O=C(O)NC(c1nc2cccc(Cl)c2c(=O)n1-c1cccnc1)C1CC1. The molecule has 0 radical (unpaired) electrons. The predicted octanol–water partition coefficient (Wildman–Crippen LogP) is 3.15. The number of halogens is 1. The molecular formula is C18H15ClN4O3. The highest BCUT2D eigenvalue weighted by molar-refractivity contribution is 6.35. The van der Waals surface area contributed by atoms with Crippen LogP contribution in [0.3, 0.4) is 0 Å². The second kappa shape index (κ2) is 6.42. The van der Waals surface area contributed by atoms with Crippen molar-refractivity contribution >= 4 is 28.6 Å². The molecule has 2 heterocycles. The molecule has 7 nitrogen and oxygen atoms in total. The zero-order chi connectivity index (χ0) is 18.3. The molecule has 132 valence electrons. The summed E-state index contributed by atoms with van der Waals surface area (Å²) in [5.41, 5.74) is 0.608. The zero-order valence-electron chi connectivity index (χ0n) is 13.6. The van der Waals surface area contributed by atoms with Crippen molar-refractivity contribution in [1.29, 1.82) is 0 Å². The predicted molar refractivity (Wildman–Crippen MR) is 96.8 cm³/mol. The lowest BCUT2D eigenvalue weighted by Gasteiger charge is -2.21. The number of hydrogen-bond donors (Lipinski definition) is 2. The van der Waals surface area contributed by atoms with Crippen molar-refractivity contribution in [3.05, 3.63) is 63.9 Å². The number of nitrogens with zero attached hydrogens (tertiary/aromatic N) is 3. The van der Waals surface area contributed by atoms with Crippen molar-refractivity contribution < 1.29 is 9.90 Å². The summed E-state index contributed by atoms with van der Waals surface area (Å²) < 4.78 is 1.40. The third kappa shape index (κ3) is 2.90. The molecule has 2 aromatic heterocycles. The Balaban J connectivity index is 2.04. The number of nitrogens with one attached hydrogen (secondary N) is 1. The normalized spacial score (nSPS) is 15.0. The molecule has 1 atom stereocenters. The molecule has 1 unspecified atom stereocenters. The lowest BCUT2D eigenvalue weighted by molar-refractivity contribution is 0.187. The lowest BCUT2D eigenvalue weighted by Crippen LogP contribution is -2.35. The maximum atomic E-state index is 13.2. The van der Waals surface area contributed by atoms with Gasteiger partial charge in [-0.15, -0.1) is 0 Å². The minimum atomic E-state index is -1.15. The number of hydrogen-bond acceptors (Lipinski definition) is 4. The van der Waals surface area contributed by atoms with Crippen LogP contribution in [0.1, 0.15) is 24.7 Å². The van der Waals surface area contributed by atoms with E-state index < -0.39 is 12.1 Å². The molecule has 26 heavy (non-hydrogen) atoms. The van der Waals surface area contributed by atoms with Gasteiger partial charge in [-0.05, 0) is 43.0 Å². The van der Waals surface area contributed by atoms with Gasteiger partial charge < -0.3 is 10.4 Å². The van der Waals surface area contributed by atoms with Crippen LogP contribution in [0.15, 0.2) is 47.5 Å². The maximum Gasteiger partial charge on any atom is 0.405 e. The highest BCUT2D eigenvalue weighted by atomic mass is 35.5. The van der Waals surface area contributed by atoms with Gasteiger partial charge >= 0.3 is 6.09 Å². The number of fused-ring (bicyclic) bond motifs is 1. The van der Waals surface area contributed by atoms with Crippen molar-refractivity contribution in [3.63, 3.8) is 0 Å². The largest absolute Gasteiger partial charge is 0.465 e. The number of rotatable bonds is 4. The van der Waals surface area contributed by atoms with Crippen molar-refractivity contribution in [2.75, 3.05) is 0 Å². The Bertz CT molecular complexity index is 1050. The first kappa shape index (κ1) is 16.5. The first-order chi connectivity index (χ1) is 12.6. The number of benzene rings is 1. The molecule has 3 aromatic rings. The third-order valence-electron chi connectivity index (χ3n) is 4.43. The summed E-state index contributed by atoms with van der Waals surface area (Å²) in [4.78, 5) is 33.2. The second-order valence-electron chi connectivity index (χ2n) is 6.22. The standard InChI is InChI=1S/C18H15ClN4O3/c19-12-4-1-5-13-14(12)17(24)23(11-3-2-8-20-9-11)16(21-13)15(10-6-7-10)22-18(25)26/h1-5,8-10,15,22H,6-7H2,(H,25,26). The highest BCUT2D eigenvalue weighted by Gasteiger charge is 2.37. The number of amides is 1. The van der Waals surface area contributed by atoms with Crippen LogP contribution in [0.4, 0.5) is 4.79 Å². The van der Waals surface area contributed by atoms with Gasteiger partial charge in [-0.2, -0.15) is 0 Å². The van der Waals surface area contributed by atoms with Crippen LogP contribution in [0.5, 0.6) is 0 Å². The van der Waals surface area contributed by atoms with E-state index >= 15 is 0 Å². The number of pyridine rings is 1. The summed E-state index contributed by atoms with van der Waals surface area (Å²) in [6.45, 7) is 0. The summed E-state index contributed by atoms with van der Waals surface area (Å²) in [6.07, 6.45) is 3.74. The van der Waals surface area contributed by atoms with Crippen molar-refractivity contribution in [3.8, 4) is 5.69 Å². The molecule has 0 aliphatic heterocycles. The molecule has 1 aliphatic rings. The summed E-state index contributed by atoms with van der Waals surface area (Å²) in [6, 6.07) is 7.90. The van der Waals surface area contributed by atoms with Gasteiger partial charge in [0.15, 0.2) is 0 Å². The van der Waals surface area contributed by atoms with E-state index in [-0.39, 0.29) is 11.5 Å². The van der Waals surface area contributed by atoms with Crippen LogP contribution in [0.2, 0.25) is 5.02 Å². The molecule has 1 amide bonds. The molecule has 1 aromatic carbocycles. The van der Waals surface area contributed by atoms with Crippen LogP contribution in [-0.2, 0) is 0 Å². The van der Waals surface area contributed by atoms with E-state index in [1.54, 1.807) is 42.7 Å². The van der Waals surface area contributed by atoms with Gasteiger partial charge in [0, 0.05) is 6.20 Å². The molecule has 0 saturated heterocycles. The van der Waals surface area contributed by atoms with E-state index in [0.29, 0.717) is 27.4 Å². The highest BCUT2D eigenvalue weighted by Crippen LogP contribution is 2.41. The van der Waals surface area contributed by atoms with E-state index in [4.69, 9.17) is 11.6 Å². The summed E-state index contributed by atoms with van der Waals surface area (Å²) >= 11 is 6.23. The lowest BCUT2D eigenvalue weighted by atomic mass is 10.1. The fourth-order valence-electron chi connectivity index (χ4n) is 3.11. The second-order valence-corrected chi connectivity index (χ2v) is 6.63. The Kier molecular flexibility index (Phi) is 4.08. The number of carbonyl (C=O) groups is 1. The van der Waals surface area contributed by atoms with Gasteiger partial charge in [-0.3, -0.25) is 14.3 Å². The van der Waals surface area contributed by atoms with Crippen LogP contribution in [0, 0.1) is 5.92 Å². The van der Waals surface area contributed by atoms with Crippen LogP contribution in [-0.4, -0.2) is 25.7 Å². The van der Waals surface area contributed by atoms with Gasteiger partial charge in [0.05, 0.1) is 33.9 Å². The Morgan fingerprint density at radius 2 is 2.12 bits per heavy atom. The summed E-state index contributed by atoms with van der Waals surface area (Å²) in [5, 5.41) is 12.4. The summed E-state index contributed by atoms with van der Waals surface area (Å²) in [7, 11) is 0. The van der Waals surface area contributed by atoms with Crippen molar-refractivity contribution in [2.45, 2.75) is 18.9 Å². The molecule has 8 heteroatoms. The molecule has 1 aliphatic carbocycles. The zero-order valence-corrected chi connectivity index (χ0v) is 14.3. The monoisotopic (exact) mass is 370 g/mol. The van der Waals surface area contributed by atoms with E-state index in [0.717, 1.165) is 12.8 Å². The van der Waals surface area contributed by atoms with E-state index in [9.17, 15) is 14.7 Å². The van der Waals surface area contributed by atoms with Gasteiger partial charge in [0.2, 0.25) is 0 Å². The minimum Gasteiger partial charge on any atom is -0.465 e. The molecule has 1 saturated carbocycles. The Hall–Kier alpha value is -2.93. The van der Waals surface area contributed by atoms with E-state index in [1.807, 2.05) is 0 Å². The topological polar surface area (TPSA) is 97.1 Å².